The first-order valence-corrected chi connectivity index (χ1v) is 5.15. The van der Waals surface area contributed by atoms with Crippen LogP contribution in [-0.4, -0.2) is 23.9 Å². The van der Waals surface area contributed by atoms with Gasteiger partial charge in [0.25, 0.3) is 0 Å². The molecule has 0 bridgehead atoms. The maximum Gasteiger partial charge on any atom is 0.164 e. The molecule has 0 fully saturated rings. The Balaban J connectivity index is 3.18. The van der Waals surface area contributed by atoms with Gasteiger partial charge in [0.2, 0.25) is 0 Å². The Kier molecular flexibility index (Phi) is 4.24. The van der Waals surface area contributed by atoms with E-state index in [1.165, 1.54) is 13.2 Å². The Morgan fingerprint density at radius 2 is 2.13 bits per heavy atom. The van der Waals surface area contributed by atoms with Crippen molar-refractivity contribution < 1.29 is 14.9 Å². The number of methoxy groups -OCH3 is 1. The van der Waals surface area contributed by atoms with Gasteiger partial charge in [0.15, 0.2) is 11.5 Å². The molecule has 84 valence electrons. The Hall–Kier alpha value is -0.930. The molecule has 0 aliphatic heterocycles. The number of phenolic OH excluding ortho intramolecular Hbond substituents is 1. The molecule has 0 aromatic heterocycles. The molecule has 0 atom stereocenters. The molecule has 0 saturated heterocycles. The Morgan fingerprint density at radius 3 is 2.67 bits per heavy atom. The highest BCUT2D eigenvalue weighted by molar-refractivity contribution is 6.31. The summed E-state index contributed by atoms with van der Waals surface area (Å²) in [5.41, 5.74) is 1.75. The summed E-state index contributed by atoms with van der Waals surface area (Å²) in [6, 6.07) is 1.47. The summed E-state index contributed by atoms with van der Waals surface area (Å²) in [6.45, 7) is 1.98. The predicted molar refractivity (Wildman–Crippen MR) is 59.8 cm³/mol. The van der Waals surface area contributed by atoms with Gasteiger partial charge in [0, 0.05) is 23.3 Å². The molecular formula is C11H15ClO3. The van der Waals surface area contributed by atoms with Crippen LogP contribution in [-0.2, 0) is 6.42 Å². The molecule has 1 aromatic carbocycles. The molecule has 15 heavy (non-hydrogen) atoms. The van der Waals surface area contributed by atoms with E-state index in [0.717, 1.165) is 11.1 Å². The smallest absolute Gasteiger partial charge is 0.164 e. The molecule has 0 aliphatic carbocycles. The van der Waals surface area contributed by atoms with Gasteiger partial charge in [-0.15, -0.1) is 0 Å². The van der Waals surface area contributed by atoms with Crippen molar-refractivity contribution in [3.05, 3.63) is 22.2 Å². The van der Waals surface area contributed by atoms with Crippen LogP contribution in [0.25, 0.3) is 0 Å². The van der Waals surface area contributed by atoms with Crippen LogP contribution < -0.4 is 4.74 Å². The van der Waals surface area contributed by atoms with E-state index >= 15 is 0 Å². The summed E-state index contributed by atoms with van der Waals surface area (Å²) in [7, 11) is 1.50. The zero-order valence-corrected chi connectivity index (χ0v) is 9.64. The minimum atomic E-state index is 0.0426. The van der Waals surface area contributed by atoms with E-state index in [-0.39, 0.29) is 12.4 Å². The number of benzene rings is 1. The van der Waals surface area contributed by atoms with Crippen LogP contribution in [0.4, 0.5) is 0 Å². The first kappa shape index (κ1) is 12.1. The second-order valence-electron chi connectivity index (χ2n) is 3.34. The van der Waals surface area contributed by atoms with Gasteiger partial charge in [-0.2, -0.15) is 0 Å². The van der Waals surface area contributed by atoms with Crippen LogP contribution in [0.2, 0.25) is 5.02 Å². The van der Waals surface area contributed by atoms with E-state index in [4.69, 9.17) is 21.4 Å². The normalized spacial score (nSPS) is 10.4. The van der Waals surface area contributed by atoms with Gasteiger partial charge in [0.05, 0.1) is 7.11 Å². The molecule has 0 unspecified atom stereocenters. The number of rotatable bonds is 4. The number of aliphatic hydroxyl groups excluding tert-OH is 1. The minimum absolute atomic E-state index is 0.0426. The van der Waals surface area contributed by atoms with E-state index in [1.807, 2.05) is 6.92 Å². The van der Waals surface area contributed by atoms with Crippen molar-refractivity contribution in [3.63, 3.8) is 0 Å². The monoisotopic (exact) mass is 230 g/mol. The highest BCUT2D eigenvalue weighted by Gasteiger charge is 2.14. The second kappa shape index (κ2) is 5.24. The van der Waals surface area contributed by atoms with E-state index in [0.29, 0.717) is 23.6 Å². The third-order valence-corrected chi connectivity index (χ3v) is 2.76. The third-order valence-electron chi connectivity index (χ3n) is 2.37. The fourth-order valence-corrected chi connectivity index (χ4v) is 1.76. The minimum Gasteiger partial charge on any atom is -0.504 e. The van der Waals surface area contributed by atoms with Crippen molar-refractivity contribution in [3.8, 4) is 11.5 Å². The molecular weight excluding hydrogens is 216 g/mol. The topological polar surface area (TPSA) is 49.7 Å². The molecule has 0 aliphatic rings. The zero-order chi connectivity index (χ0) is 11.4. The lowest BCUT2D eigenvalue weighted by Crippen LogP contribution is -1.98. The van der Waals surface area contributed by atoms with Gasteiger partial charge >= 0.3 is 0 Å². The summed E-state index contributed by atoms with van der Waals surface area (Å²) in [5, 5.41) is 18.9. The maximum absolute atomic E-state index is 9.62. The van der Waals surface area contributed by atoms with E-state index in [1.54, 1.807) is 0 Å². The first-order valence-electron chi connectivity index (χ1n) is 4.77. The fraction of sp³-hybridized carbons (Fsp3) is 0.455. The van der Waals surface area contributed by atoms with Crippen molar-refractivity contribution in [2.45, 2.75) is 19.8 Å². The zero-order valence-electron chi connectivity index (χ0n) is 8.88. The van der Waals surface area contributed by atoms with E-state index < -0.39 is 0 Å². The van der Waals surface area contributed by atoms with Gasteiger partial charge in [-0.25, -0.2) is 0 Å². The molecule has 0 amide bonds. The number of phenols is 1. The Labute approximate surface area is 94.3 Å². The van der Waals surface area contributed by atoms with Gasteiger partial charge < -0.3 is 14.9 Å². The summed E-state index contributed by atoms with van der Waals surface area (Å²) in [4.78, 5) is 0. The van der Waals surface area contributed by atoms with E-state index in [9.17, 15) is 5.11 Å². The van der Waals surface area contributed by atoms with Gasteiger partial charge in [-0.05, 0) is 25.3 Å². The van der Waals surface area contributed by atoms with Crippen molar-refractivity contribution in [2.24, 2.45) is 0 Å². The lowest BCUT2D eigenvalue weighted by molar-refractivity contribution is 0.287. The average molecular weight is 231 g/mol. The molecule has 2 N–H and O–H groups in total. The van der Waals surface area contributed by atoms with Crippen LogP contribution in [0.1, 0.15) is 17.5 Å². The Bertz CT molecular complexity index is 350. The molecule has 1 rings (SSSR count). The lowest BCUT2D eigenvalue weighted by atomic mass is 10.0. The first-order chi connectivity index (χ1) is 7.11. The van der Waals surface area contributed by atoms with Crippen LogP contribution in [0.5, 0.6) is 11.5 Å². The SMILES string of the molecule is COc1c(O)cc(Cl)c(C)c1CCCO. The third kappa shape index (κ3) is 2.55. The average Bonchev–Trinajstić information content (AvgIpc) is 2.21. The number of aromatic hydroxyl groups is 1. The summed E-state index contributed by atoms with van der Waals surface area (Å²) in [6.07, 6.45) is 1.26. The quantitative estimate of drug-likeness (QED) is 0.835. The maximum atomic E-state index is 9.62. The number of hydrogen-bond acceptors (Lipinski definition) is 3. The van der Waals surface area contributed by atoms with Crippen molar-refractivity contribution in [1.82, 2.24) is 0 Å². The summed E-state index contributed by atoms with van der Waals surface area (Å²) >= 11 is 5.95. The van der Waals surface area contributed by atoms with Gasteiger partial charge in [-0.3, -0.25) is 0 Å². The lowest BCUT2D eigenvalue weighted by Gasteiger charge is -2.14. The predicted octanol–water partition coefficient (Wildman–Crippen LogP) is 2.29. The van der Waals surface area contributed by atoms with Crippen LogP contribution in [0, 0.1) is 6.92 Å². The van der Waals surface area contributed by atoms with Crippen molar-refractivity contribution in [2.75, 3.05) is 13.7 Å². The number of ether oxygens (including phenoxy) is 1. The summed E-state index contributed by atoms with van der Waals surface area (Å²) in [5.74, 6) is 0.492. The second-order valence-corrected chi connectivity index (χ2v) is 3.75. The standard InChI is InChI=1S/C11H15ClO3/c1-7-8(4-3-5-13)11(15-2)10(14)6-9(7)12/h6,13-14H,3-5H2,1-2H3. The molecule has 0 radical (unpaired) electrons. The van der Waals surface area contributed by atoms with Crippen molar-refractivity contribution >= 4 is 11.6 Å². The summed E-state index contributed by atoms with van der Waals surface area (Å²) < 4.78 is 5.12. The fourth-order valence-electron chi connectivity index (χ4n) is 1.55. The number of aliphatic hydroxyl groups is 1. The highest BCUT2D eigenvalue weighted by Crippen LogP contribution is 2.37. The molecule has 4 heteroatoms. The largest absolute Gasteiger partial charge is 0.504 e. The van der Waals surface area contributed by atoms with Gasteiger partial charge in [-0.1, -0.05) is 11.6 Å². The number of hydrogen-bond donors (Lipinski definition) is 2. The van der Waals surface area contributed by atoms with E-state index in [2.05, 4.69) is 0 Å². The van der Waals surface area contributed by atoms with Gasteiger partial charge in [0.1, 0.15) is 0 Å². The molecule has 0 saturated carbocycles. The van der Waals surface area contributed by atoms with Crippen LogP contribution >= 0.6 is 11.6 Å². The molecule has 0 heterocycles. The number of halogens is 1. The molecule has 0 spiro atoms. The van der Waals surface area contributed by atoms with Crippen molar-refractivity contribution in [1.29, 1.82) is 0 Å². The molecule has 1 aromatic rings. The highest BCUT2D eigenvalue weighted by atomic mass is 35.5. The molecule has 3 nitrogen and oxygen atoms in total. The van der Waals surface area contributed by atoms with Crippen LogP contribution in [0.3, 0.4) is 0 Å². The van der Waals surface area contributed by atoms with Crippen LogP contribution in [0.15, 0.2) is 6.07 Å². The Morgan fingerprint density at radius 1 is 1.47 bits per heavy atom.